The Balaban J connectivity index is -0.0000000864. The van der Waals surface area contributed by atoms with Gasteiger partial charge in [-0.2, -0.15) is 13.5 Å². The second-order valence-electron chi connectivity index (χ2n) is 3.13. The summed E-state index contributed by atoms with van der Waals surface area (Å²) in [5, 5.41) is 26.1. The molecule has 0 aromatic rings. The summed E-state index contributed by atoms with van der Waals surface area (Å²) in [6.45, 7) is 0.453. The Kier molecular flexibility index (Phi) is 50.3. The smallest absolute Gasteiger partial charge is 0.107 e. The van der Waals surface area contributed by atoms with Gasteiger partial charge in [0.15, 0.2) is 0 Å². The van der Waals surface area contributed by atoms with Crippen LogP contribution in [0.25, 0.3) is 0 Å². The highest BCUT2D eigenvalue weighted by Gasteiger charge is 1.98. The standard InChI is InChI=1S/C7H8Br2O2.C4H6Br2O2.C3H3Br.S2.H2S/c1-2-3-11-5-7(9)6(8)4-10;5-3(1-7)4(6)2-8;1-2-3-4;1-2;/h1,10H,3-5H2;7-8H,1-2H2;1H,3H2;;1H2/b7-6+;4-3+;;;. The van der Waals surface area contributed by atoms with E-state index in [2.05, 4.69) is 114 Å². The minimum Gasteiger partial charge on any atom is -0.391 e. The Bertz CT molecular complexity index is 450. The third kappa shape index (κ3) is 33.2. The number of rotatable bonds is 6. The predicted molar refractivity (Wildman–Crippen MR) is 138 cm³/mol. The van der Waals surface area contributed by atoms with E-state index < -0.39 is 0 Å². The molecule has 0 spiro atoms. The van der Waals surface area contributed by atoms with Crippen LogP contribution in [0, 0.1) is 24.7 Å². The zero-order chi connectivity index (χ0) is 20.7. The van der Waals surface area contributed by atoms with Crippen molar-refractivity contribution in [2.24, 2.45) is 0 Å². The summed E-state index contributed by atoms with van der Waals surface area (Å²) in [6, 6.07) is 0. The van der Waals surface area contributed by atoms with Crippen LogP contribution in [0.4, 0.5) is 0 Å². The lowest BCUT2D eigenvalue weighted by Crippen LogP contribution is -1.96. The van der Waals surface area contributed by atoms with Crippen molar-refractivity contribution in [3.63, 3.8) is 0 Å². The number of aliphatic hydroxyl groups is 3. The summed E-state index contributed by atoms with van der Waals surface area (Å²) in [6.07, 6.45) is 9.69. The van der Waals surface area contributed by atoms with Crippen LogP contribution < -0.4 is 0 Å². The van der Waals surface area contributed by atoms with Crippen molar-refractivity contribution in [3.8, 4) is 24.7 Å². The molecule has 0 atom stereocenters. The first-order valence-corrected chi connectivity index (χ1v) is 11.5. The first-order valence-electron chi connectivity index (χ1n) is 5.91. The third-order valence-corrected chi connectivity index (χ3v) is 5.78. The van der Waals surface area contributed by atoms with E-state index in [0.29, 0.717) is 25.4 Å². The molecule has 0 unspecified atom stereocenters. The van der Waals surface area contributed by atoms with Crippen molar-refractivity contribution in [2.45, 2.75) is 0 Å². The lowest BCUT2D eigenvalue weighted by Gasteiger charge is -2.00. The topological polar surface area (TPSA) is 69.9 Å². The Morgan fingerprint density at radius 2 is 1.12 bits per heavy atom. The maximum absolute atomic E-state index is 8.63. The third-order valence-electron chi connectivity index (χ3n) is 1.50. The molecule has 4 nitrogen and oxygen atoms in total. The van der Waals surface area contributed by atoms with Crippen molar-refractivity contribution in [3.05, 3.63) is 17.9 Å². The molecular weight excluding hydrogens is 728 g/mol. The fraction of sp³-hybridized carbons (Fsp3) is 0.429. The molecule has 0 aromatic heterocycles. The average Bonchev–Trinajstić information content (AvgIpc) is 2.68. The number of terminal acetylenes is 2. The fourth-order valence-corrected chi connectivity index (χ4v) is 1.19. The number of ether oxygens (including phenoxy) is 1. The Labute approximate surface area is 214 Å². The summed E-state index contributed by atoms with van der Waals surface area (Å²) in [4.78, 5) is 0. The largest absolute Gasteiger partial charge is 0.391 e. The molecule has 0 aromatic carbocycles. The lowest BCUT2D eigenvalue weighted by molar-refractivity contribution is 0.196. The molecule has 26 heavy (non-hydrogen) atoms. The van der Waals surface area contributed by atoms with Crippen LogP contribution in [-0.2, 0) is 27.1 Å². The van der Waals surface area contributed by atoms with Gasteiger partial charge in [-0.3, -0.25) is 0 Å². The van der Waals surface area contributed by atoms with Gasteiger partial charge < -0.3 is 20.1 Å². The molecule has 0 aliphatic carbocycles. The van der Waals surface area contributed by atoms with E-state index >= 15 is 0 Å². The molecule has 0 fully saturated rings. The van der Waals surface area contributed by atoms with E-state index in [1.54, 1.807) is 0 Å². The molecule has 0 bridgehead atoms. The lowest BCUT2D eigenvalue weighted by atomic mass is 10.5. The van der Waals surface area contributed by atoms with Crippen LogP contribution in [-0.4, -0.2) is 53.7 Å². The number of hydrogen-bond acceptors (Lipinski definition) is 6. The van der Waals surface area contributed by atoms with Crippen molar-refractivity contribution in [1.82, 2.24) is 0 Å². The summed E-state index contributed by atoms with van der Waals surface area (Å²) < 4.78 is 7.60. The second-order valence-corrected chi connectivity index (χ2v) is 7.52. The van der Waals surface area contributed by atoms with Crippen LogP contribution in [0.15, 0.2) is 17.9 Å². The van der Waals surface area contributed by atoms with Gasteiger partial charge in [-0.1, -0.05) is 91.5 Å². The number of alkyl halides is 1. The van der Waals surface area contributed by atoms with Gasteiger partial charge in [-0.05, 0) is 0 Å². The van der Waals surface area contributed by atoms with Gasteiger partial charge >= 0.3 is 0 Å². The zero-order valence-electron chi connectivity index (χ0n) is 13.4. The molecule has 152 valence electrons. The quantitative estimate of drug-likeness (QED) is 0.219. The van der Waals surface area contributed by atoms with Crippen LogP contribution in [0.2, 0.25) is 0 Å². The highest BCUT2D eigenvalue weighted by Crippen LogP contribution is 2.17. The average molecular weight is 747 g/mol. The number of aliphatic hydroxyl groups excluding tert-OH is 3. The normalized spacial score (nSPS) is 10.2. The minimum atomic E-state index is -0.0822. The van der Waals surface area contributed by atoms with E-state index in [-0.39, 0.29) is 39.9 Å². The highest BCUT2D eigenvalue weighted by atomic mass is 79.9. The fourth-order valence-electron chi connectivity index (χ4n) is 0.535. The molecule has 12 heteroatoms. The van der Waals surface area contributed by atoms with E-state index in [1.165, 1.54) is 0 Å². The van der Waals surface area contributed by atoms with Gasteiger partial charge in [0.25, 0.3) is 0 Å². The maximum Gasteiger partial charge on any atom is 0.107 e. The van der Waals surface area contributed by atoms with Gasteiger partial charge in [-0.25, -0.2) is 0 Å². The first-order chi connectivity index (χ1) is 11.9. The van der Waals surface area contributed by atoms with Crippen molar-refractivity contribution in [2.75, 3.05) is 38.4 Å². The molecular formula is C14H19Br5O4S3. The van der Waals surface area contributed by atoms with Gasteiger partial charge in [-0.15, -0.1) is 12.8 Å². The Morgan fingerprint density at radius 3 is 1.35 bits per heavy atom. The summed E-state index contributed by atoms with van der Waals surface area (Å²) >= 11 is 22.8. The van der Waals surface area contributed by atoms with Crippen molar-refractivity contribution < 1.29 is 20.1 Å². The van der Waals surface area contributed by atoms with Crippen molar-refractivity contribution >= 4 is 116 Å². The first kappa shape index (κ1) is 38.3. The van der Waals surface area contributed by atoms with Gasteiger partial charge in [0.1, 0.15) is 6.61 Å². The van der Waals surface area contributed by atoms with Crippen molar-refractivity contribution in [1.29, 1.82) is 0 Å². The van der Waals surface area contributed by atoms with Gasteiger partial charge in [0, 0.05) is 40.3 Å². The van der Waals surface area contributed by atoms with E-state index in [0.717, 1.165) is 4.48 Å². The summed E-state index contributed by atoms with van der Waals surface area (Å²) in [5.41, 5.74) is 0. The molecule has 0 rings (SSSR count). The zero-order valence-corrected chi connectivity index (χ0v) is 23.9. The molecule has 0 radical (unpaired) electrons. The predicted octanol–water partition coefficient (Wildman–Crippen LogP) is 3.72. The molecule has 0 aliphatic rings. The van der Waals surface area contributed by atoms with Crippen LogP contribution in [0.1, 0.15) is 0 Å². The second kappa shape index (κ2) is 34.2. The summed E-state index contributed by atoms with van der Waals surface area (Å²) in [5.74, 6) is 4.68. The maximum atomic E-state index is 8.63. The van der Waals surface area contributed by atoms with Crippen LogP contribution in [0.5, 0.6) is 0 Å². The minimum absolute atomic E-state index is 0. The van der Waals surface area contributed by atoms with Crippen LogP contribution in [0.3, 0.4) is 0 Å². The highest BCUT2D eigenvalue weighted by molar-refractivity contribution is 9.14. The Hall–Kier alpha value is 1.63. The van der Waals surface area contributed by atoms with Gasteiger partial charge in [0.05, 0.1) is 31.8 Å². The molecule has 0 heterocycles. The summed E-state index contributed by atoms with van der Waals surface area (Å²) in [7, 11) is 0. The number of halogens is 5. The Morgan fingerprint density at radius 1 is 0.808 bits per heavy atom. The molecule has 0 aliphatic heterocycles. The monoisotopic (exact) mass is 742 g/mol. The van der Waals surface area contributed by atoms with Crippen LogP contribution >= 0.6 is 93.1 Å². The van der Waals surface area contributed by atoms with E-state index in [4.69, 9.17) is 32.9 Å². The molecule has 0 amide bonds. The SMILES string of the molecule is C#CCBr.C#CCOC/C(Br)=C(\Br)CO.OC/C(Br)=C(\Br)CO.S.S=S. The van der Waals surface area contributed by atoms with E-state index in [9.17, 15) is 0 Å². The van der Waals surface area contributed by atoms with Gasteiger partial charge in [0.2, 0.25) is 0 Å². The molecule has 0 saturated carbocycles. The van der Waals surface area contributed by atoms with E-state index in [1.807, 2.05) is 0 Å². The molecule has 0 saturated heterocycles. The number of hydrogen-bond donors (Lipinski definition) is 3. The molecule has 3 N–H and O–H groups in total.